The van der Waals surface area contributed by atoms with Crippen molar-refractivity contribution in [3.8, 4) is 0 Å². The van der Waals surface area contributed by atoms with E-state index < -0.39 is 26.9 Å². The molecule has 3 N–H and O–H groups in total. The van der Waals surface area contributed by atoms with Crippen molar-refractivity contribution in [1.82, 2.24) is 10.0 Å². The third-order valence-electron chi connectivity index (χ3n) is 2.72. The smallest absolute Gasteiger partial charge is 0.292 e. The topological polar surface area (TPSA) is 130 Å². The molecule has 9 nitrogen and oxygen atoms in total. The molecule has 0 aliphatic rings. The summed E-state index contributed by atoms with van der Waals surface area (Å²) in [5.74, 6) is -0.491. The fourth-order valence-electron chi connectivity index (χ4n) is 1.61. The summed E-state index contributed by atoms with van der Waals surface area (Å²) in [6, 6.07) is 2.37. The molecule has 0 saturated heterocycles. The van der Waals surface area contributed by atoms with Gasteiger partial charge in [-0.25, -0.2) is 8.42 Å². The number of hydrogen-bond acceptors (Lipinski definition) is 6. The molecule has 0 aromatic heterocycles. The van der Waals surface area contributed by atoms with E-state index in [1.807, 2.05) is 0 Å². The Morgan fingerprint density at radius 2 is 1.95 bits per heavy atom. The van der Waals surface area contributed by atoms with E-state index in [1.165, 1.54) is 21.0 Å². The maximum Gasteiger partial charge on any atom is 0.292 e. The third kappa shape index (κ3) is 3.89. The number of anilines is 1. The number of nitro groups is 1. The number of amides is 1. The third-order valence-corrected chi connectivity index (χ3v) is 4.25. The normalized spacial score (nSPS) is 12.5. The lowest BCUT2D eigenvalue weighted by atomic mass is 10.3. The van der Waals surface area contributed by atoms with Crippen molar-refractivity contribution in [2.24, 2.45) is 0 Å². The molecule has 116 valence electrons. The van der Waals surface area contributed by atoms with Gasteiger partial charge in [0.05, 0.1) is 15.9 Å². The number of benzene rings is 1. The van der Waals surface area contributed by atoms with Gasteiger partial charge < -0.3 is 10.6 Å². The SMILES string of the molecule is CNC(=O)C(C)NS(=O)(=O)c1ccc([N+](=O)[O-])c(NC)c1. The van der Waals surface area contributed by atoms with Gasteiger partial charge in [-0.05, 0) is 19.1 Å². The summed E-state index contributed by atoms with van der Waals surface area (Å²) in [4.78, 5) is 21.3. The lowest BCUT2D eigenvalue weighted by Gasteiger charge is -2.13. The number of hydrogen-bond donors (Lipinski definition) is 3. The minimum absolute atomic E-state index is 0.0653. The first-order valence-electron chi connectivity index (χ1n) is 5.93. The Bertz CT molecular complexity index is 659. The Morgan fingerprint density at radius 3 is 2.43 bits per heavy atom. The van der Waals surface area contributed by atoms with Gasteiger partial charge in [-0.3, -0.25) is 14.9 Å². The van der Waals surface area contributed by atoms with Crippen LogP contribution in [0.3, 0.4) is 0 Å². The van der Waals surface area contributed by atoms with Crippen molar-refractivity contribution in [2.45, 2.75) is 17.9 Å². The van der Waals surface area contributed by atoms with Gasteiger partial charge in [-0.15, -0.1) is 0 Å². The first-order chi connectivity index (χ1) is 9.72. The molecule has 0 heterocycles. The predicted octanol–water partition coefficient (Wildman–Crippen LogP) is 0.0493. The first-order valence-corrected chi connectivity index (χ1v) is 7.41. The standard InChI is InChI=1S/C11H16N4O5S/c1-7(11(16)13-3)14-21(19,20)8-4-5-10(15(17)18)9(6-8)12-2/h4-7,12,14H,1-3H3,(H,13,16). The summed E-state index contributed by atoms with van der Waals surface area (Å²) in [5.41, 5.74) is -0.175. The van der Waals surface area contributed by atoms with Crippen molar-refractivity contribution < 1.29 is 18.1 Å². The highest BCUT2D eigenvalue weighted by atomic mass is 32.2. The minimum atomic E-state index is -3.96. The molecule has 1 atom stereocenters. The van der Waals surface area contributed by atoms with Gasteiger partial charge in [0, 0.05) is 20.2 Å². The maximum absolute atomic E-state index is 12.1. The number of likely N-dealkylation sites (N-methyl/N-ethyl adjacent to an activating group) is 1. The Hall–Kier alpha value is -2.20. The number of nitrogens with one attached hydrogen (secondary N) is 3. The molecule has 1 rings (SSSR count). The summed E-state index contributed by atoms with van der Waals surface area (Å²) in [6.07, 6.45) is 0. The van der Waals surface area contributed by atoms with Gasteiger partial charge in [0.25, 0.3) is 5.69 Å². The maximum atomic E-state index is 12.1. The number of nitro benzene ring substituents is 1. The molecule has 1 amide bonds. The van der Waals surface area contributed by atoms with Crippen LogP contribution in [0.2, 0.25) is 0 Å². The number of carbonyl (C=O) groups is 1. The molecule has 0 fully saturated rings. The highest BCUT2D eigenvalue weighted by Gasteiger charge is 2.23. The van der Waals surface area contributed by atoms with Gasteiger partial charge in [0.2, 0.25) is 15.9 Å². The summed E-state index contributed by atoms with van der Waals surface area (Å²) in [5, 5.41) is 15.7. The van der Waals surface area contributed by atoms with Crippen LogP contribution in [0.25, 0.3) is 0 Å². The molecular weight excluding hydrogens is 300 g/mol. The predicted molar refractivity (Wildman–Crippen MR) is 76.5 cm³/mol. The zero-order valence-corrected chi connectivity index (χ0v) is 12.5. The monoisotopic (exact) mass is 316 g/mol. The van der Waals surface area contributed by atoms with Crippen molar-refractivity contribution in [3.05, 3.63) is 28.3 Å². The van der Waals surface area contributed by atoms with Crippen LogP contribution < -0.4 is 15.4 Å². The average Bonchev–Trinajstić information content (AvgIpc) is 2.44. The number of nitrogens with zero attached hydrogens (tertiary/aromatic N) is 1. The fraction of sp³-hybridized carbons (Fsp3) is 0.364. The van der Waals surface area contributed by atoms with Crippen LogP contribution in [0.15, 0.2) is 23.1 Å². The van der Waals surface area contributed by atoms with E-state index in [4.69, 9.17) is 0 Å². The number of carbonyl (C=O) groups excluding carboxylic acids is 1. The molecule has 0 radical (unpaired) electrons. The summed E-state index contributed by atoms with van der Waals surface area (Å²) in [6.45, 7) is 1.39. The van der Waals surface area contributed by atoms with Gasteiger partial charge in [-0.1, -0.05) is 0 Å². The molecule has 0 spiro atoms. The van der Waals surface area contributed by atoms with Crippen molar-refractivity contribution in [1.29, 1.82) is 0 Å². The van der Waals surface area contributed by atoms with Crippen LogP contribution in [0.1, 0.15) is 6.92 Å². The van der Waals surface area contributed by atoms with Crippen LogP contribution in [0.4, 0.5) is 11.4 Å². The van der Waals surface area contributed by atoms with Gasteiger partial charge in [0.15, 0.2) is 0 Å². The second-order valence-corrected chi connectivity index (χ2v) is 5.86. The van der Waals surface area contributed by atoms with E-state index in [9.17, 15) is 23.3 Å². The van der Waals surface area contributed by atoms with E-state index >= 15 is 0 Å². The fourth-order valence-corrected chi connectivity index (χ4v) is 2.84. The van der Waals surface area contributed by atoms with Crippen molar-refractivity contribution in [3.63, 3.8) is 0 Å². The molecule has 0 bridgehead atoms. The molecule has 1 unspecified atom stereocenters. The Labute approximate surface area is 121 Å². The number of rotatable bonds is 6. The van der Waals surface area contributed by atoms with Crippen molar-refractivity contribution >= 4 is 27.3 Å². The van der Waals surface area contributed by atoms with Gasteiger partial charge in [-0.2, -0.15) is 4.72 Å². The lowest BCUT2D eigenvalue weighted by Crippen LogP contribution is -2.43. The Balaban J connectivity index is 3.15. The second-order valence-electron chi connectivity index (χ2n) is 4.14. The van der Waals surface area contributed by atoms with Crippen LogP contribution in [0.5, 0.6) is 0 Å². The van der Waals surface area contributed by atoms with E-state index in [0.717, 1.165) is 18.2 Å². The van der Waals surface area contributed by atoms with E-state index in [0.29, 0.717) is 0 Å². The minimum Gasteiger partial charge on any atom is -0.383 e. The molecule has 10 heteroatoms. The molecule has 0 saturated carbocycles. The highest BCUT2D eigenvalue weighted by molar-refractivity contribution is 7.89. The van der Waals surface area contributed by atoms with Crippen LogP contribution in [-0.4, -0.2) is 39.4 Å². The van der Waals surface area contributed by atoms with E-state index in [1.54, 1.807) is 0 Å². The van der Waals surface area contributed by atoms with Crippen LogP contribution >= 0.6 is 0 Å². The molecule has 0 aliphatic carbocycles. The zero-order chi connectivity index (χ0) is 16.2. The highest BCUT2D eigenvalue weighted by Crippen LogP contribution is 2.26. The molecule has 1 aromatic carbocycles. The molecule has 21 heavy (non-hydrogen) atoms. The zero-order valence-electron chi connectivity index (χ0n) is 11.7. The molecular formula is C11H16N4O5S. The average molecular weight is 316 g/mol. The quantitative estimate of drug-likeness (QED) is 0.502. The van der Waals surface area contributed by atoms with Crippen LogP contribution in [0, 0.1) is 10.1 Å². The van der Waals surface area contributed by atoms with E-state index in [2.05, 4.69) is 15.4 Å². The lowest BCUT2D eigenvalue weighted by molar-refractivity contribution is -0.384. The largest absolute Gasteiger partial charge is 0.383 e. The van der Waals surface area contributed by atoms with Crippen LogP contribution in [-0.2, 0) is 14.8 Å². The molecule has 0 aliphatic heterocycles. The second kappa shape index (κ2) is 6.50. The first kappa shape index (κ1) is 16.9. The number of sulfonamides is 1. The molecule has 1 aromatic rings. The summed E-state index contributed by atoms with van der Waals surface area (Å²) in [7, 11) is -1.13. The van der Waals surface area contributed by atoms with Gasteiger partial charge in [0.1, 0.15) is 5.69 Å². The Kier molecular flexibility index (Phi) is 5.22. The van der Waals surface area contributed by atoms with Gasteiger partial charge >= 0.3 is 0 Å². The van der Waals surface area contributed by atoms with Crippen molar-refractivity contribution in [2.75, 3.05) is 19.4 Å². The summed E-state index contributed by atoms with van der Waals surface area (Å²) >= 11 is 0. The summed E-state index contributed by atoms with van der Waals surface area (Å²) < 4.78 is 26.4. The Morgan fingerprint density at radius 1 is 1.33 bits per heavy atom. The van der Waals surface area contributed by atoms with E-state index in [-0.39, 0.29) is 16.3 Å².